The monoisotopic (exact) mass is 216 g/mol. The minimum absolute atomic E-state index is 0.0273. The highest BCUT2D eigenvalue weighted by Crippen LogP contribution is 2.18. The molecule has 0 aliphatic carbocycles. The fourth-order valence-corrected chi connectivity index (χ4v) is 1.22. The lowest BCUT2D eigenvalue weighted by atomic mass is 9.98. The summed E-state index contributed by atoms with van der Waals surface area (Å²) >= 11 is 5.48. The molecule has 0 aliphatic heterocycles. The van der Waals surface area contributed by atoms with Crippen LogP contribution in [0.5, 0.6) is 0 Å². The Balaban J connectivity index is 2.88. The Bertz CT molecular complexity index is 350. The number of aliphatic hydroxyl groups is 1. The summed E-state index contributed by atoms with van der Waals surface area (Å²) in [6.07, 6.45) is 0.504. The van der Waals surface area contributed by atoms with Crippen LogP contribution in [0.1, 0.15) is 12.5 Å². The van der Waals surface area contributed by atoms with E-state index >= 15 is 0 Å². The molecule has 0 radical (unpaired) electrons. The topological polar surface area (TPSA) is 37.3 Å². The van der Waals surface area contributed by atoms with E-state index in [4.69, 9.17) is 11.6 Å². The number of aldehydes is 1. The molecule has 0 saturated carbocycles. The van der Waals surface area contributed by atoms with E-state index in [-0.39, 0.29) is 11.4 Å². The van der Waals surface area contributed by atoms with Crippen molar-refractivity contribution in [3.05, 3.63) is 34.6 Å². The van der Waals surface area contributed by atoms with Gasteiger partial charge in [-0.3, -0.25) is 0 Å². The van der Waals surface area contributed by atoms with Gasteiger partial charge < -0.3 is 9.90 Å². The first kappa shape index (κ1) is 11.1. The van der Waals surface area contributed by atoms with Gasteiger partial charge in [0.2, 0.25) is 0 Å². The number of hydrogen-bond donors (Lipinski definition) is 1. The average molecular weight is 217 g/mol. The second kappa shape index (κ2) is 4.07. The molecule has 0 bridgehead atoms. The fraction of sp³-hybridized carbons (Fsp3) is 0.300. The van der Waals surface area contributed by atoms with Crippen LogP contribution in [0, 0.1) is 5.82 Å². The molecule has 1 aromatic carbocycles. The minimum atomic E-state index is -1.46. The summed E-state index contributed by atoms with van der Waals surface area (Å²) in [7, 11) is 0. The van der Waals surface area contributed by atoms with E-state index in [1.54, 1.807) is 6.07 Å². The molecule has 0 aromatic heterocycles. The number of carbonyl (C=O) groups is 1. The molecule has 76 valence electrons. The highest BCUT2D eigenvalue weighted by Gasteiger charge is 2.19. The molecular formula is C10H10ClFO2. The van der Waals surface area contributed by atoms with Gasteiger partial charge in [0.1, 0.15) is 11.4 Å². The molecule has 1 unspecified atom stereocenters. The zero-order valence-corrected chi connectivity index (χ0v) is 8.38. The lowest BCUT2D eigenvalue weighted by Crippen LogP contribution is -2.28. The second-order valence-electron chi connectivity index (χ2n) is 3.40. The third-order valence-electron chi connectivity index (χ3n) is 1.80. The van der Waals surface area contributed by atoms with Crippen LogP contribution in [0.2, 0.25) is 5.02 Å². The van der Waals surface area contributed by atoms with Crippen molar-refractivity contribution in [1.82, 2.24) is 0 Å². The van der Waals surface area contributed by atoms with Crippen molar-refractivity contribution in [2.45, 2.75) is 18.9 Å². The number of rotatable bonds is 3. The Labute approximate surface area is 86.3 Å². The van der Waals surface area contributed by atoms with Crippen LogP contribution in [0.15, 0.2) is 18.2 Å². The number of carbonyl (C=O) groups excluding carboxylic acids is 1. The summed E-state index contributed by atoms with van der Waals surface area (Å²) in [4.78, 5) is 10.4. The largest absolute Gasteiger partial charge is 0.382 e. The fourth-order valence-electron chi connectivity index (χ4n) is 1.10. The van der Waals surface area contributed by atoms with Crippen molar-refractivity contribution in [2.24, 2.45) is 0 Å². The molecule has 1 N–H and O–H groups in total. The summed E-state index contributed by atoms with van der Waals surface area (Å²) in [5.74, 6) is -0.550. The molecule has 0 saturated heterocycles. The number of halogens is 2. The van der Waals surface area contributed by atoms with Crippen LogP contribution in [0.25, 0.3) is 0 Å². The van der Waals surface area contributed by atoms with E-state index in [9.17, 15) is 14.3 Å². The number of benzene rings is 1. The van der Waals surface area contributed by atoms with Crippen LogP contribution in [-0.2, 0) is 11.2 Å². The first-order chi connectivity index (χ1) is 6.44. The van der Waals surface area contributed by atoms with Gasteiger partial charge in [0.15, 0.2) is 6.29 Å². The summed E-state index contributed by atoms with van der Waals surface area (Å²) in [5, 5.41) is 9.44. The van der Waals surface area contributed by atoms with Crippen molar-refractivity contribution < 1.29 is 14.3 Å². The van der Waals surface area contributed by atoms with Gasteiger partial charge in [0.25, 0.3) is 0 Å². The van der Waals surface area contributed by atoms with Gasteiger partial charge in [-0.05, 0) is 24.6 Å². The molecule has 0 fully saturated rings. The Kier molecular flexibility index (Phi) is 3.24. The van der Waals surface area contributed by atoms with Gasteiger partial charge in [-0.2, -0.15) is 0 Å². The van der Waals surface area contributed by atoms with Crippen molar-refractivity contribution >= 4 is 17.9 Å². The maximum atomic E-state index is 13.0. The van der Waals surface area contributed by atoms with Crippen molar-refractivity contribution in [3.63, 3.8) is 0 Å². The van der Waals surface area contributed by atoms with E-state index in [1.807, 2.05) is 0 Å². The lowest BCUT2D eigenvalue weighted by molar-refractivity contribution is -0.122. The quantitative estimate of drug-likeness (QED) is 0.785. The summed E-state index contributed by atoms with van der Waals surface area (Å²) in [6, 6.07) is 4.18. The predicted octanol–water partition coefficient (Wildman–Crippen LogP) is 1.97. The third-order valence-corrected chi connectivity index (χ3v) is 2.11. The van der Waals surface area contributed by atoms with E-state index in [0.29, 0.717) is 11.8 Å². The summed E-state index contributed by atoms with van der Waals surface area (Å²) < 4.78 is 13.0. The standard InChI is InChI=1S/C10H10ClFO2/c1-10(14,6-13)5-7-2-3-8(11)9(12)4-7/h2-4,6,14H,5H2,1H3. The smallest absolute Gasteiger partial charge is 0.151 e. The van der Waals surface area contributed by atoms with Gasteiger partial charge in [0, 0.05) is 6.42 Å². The SMILES string of the molecule is CC(O)(C=O)Cc1ccc(Cl)c(F)c1. The van der Waals surface area contributed by atoms with Crippen LogP contribution >= 0.6 is 11.6 Å². The molecule has 4 heteroatoms. The van der Waals surface area contributed by atoms with Crippen molar-refractivity contribution in [2.75, 3.05) is 0 Å². The van der Waals surface area contributed by atoms with Crippen LogP contribution in [0.4, 0.5) is 4.39 Å². The van der Waals surface area contributed by atoms with Crippen molar-refractivity contribution in [1.29, 1.82) is 0 Å². The maximum Gasteiger partial charge on any atom is 0.151 e. The van der Waals surface area contributed by atoms with Crippen LogP contribution < -0.4 is 0 Å². The van der Waals surface area contributed by atoms with Gasteiger partial charge >= 0.3 is 0 Å². The molecule has 0 spiro atoms. The van der Waals surface area contributed by atoms with Gasteiger partial charge in [-0.1, -0.05) is 17.7 Å². The maximum absolute atomic E-state index is 13.0. The Morgan fingerprint density at radius 2 is 2.29 bits per heavy atom. The molecule has 0 heterocycles. The highest BCUT2D eigenvalue weighted by molar-refractivity contribution is 6.30. The van der Waals surface area contributed by atoms with Crippen LogP contribution in [0.3, 0.4) is 0 Å². The Morgan fingerprint density at radius 1 is 1.64 bits per heavy atom. The molecule has 1 rings (SSSR count). The van der Waals surface area contributed by atoms with E-state index in [2.05, 4.69) is 0 Å². The first-order valence-electron chi connectivity index (χ1n) is 4.07. The molecule has 1 atom stereocenters. The zero-order chi connectivity index (χ0) is 10.8. The molecule has 1 aromatic rings. The van der Waals surface area contributed by atoms with E-state index in [0.717, 1.165) is 0 Å². The van der Waals surface area contributed by atoms with E-state index < -0.39 is 11.4 Å². The Morgan fingerprint density at radius 3 is 2.79 bits per heavy atom. The average Bonchev–Trinajstić information content (AvgIpc) is 2.11. The molecule has 14 heavy (non-hydrogen) atoms. The number of hydrogen-bond acceptors (Lipinski definition) is 2. The summed E-state index contributed by atoms with van der Waals surface area (Å²) in [6.45, 7) is 1.37. The zero-order valence-electron chi connectivity index (χ0n) is 7.63. The normalized spacial score (nSPS) is 14.9. The lowest BCUT2D eigenvalue weighted by Gasteiger charge is -2.15. The first-order valence-corrected chi connectivity index (χ1v) is 4.45. The predicted molar refractivity (Wildman–Crippen MR) is 51.8 cm³/mol. The molecule has 0 amide bonds. The molecular weight excluding hydrogens is 207 g/mol. The van der Waals surface area contributed by atoms with Gasteiger partial charge in [0.05, 0.1) is 5.02 Å². The third kappa shape index (κ3) is 2.79. The van der Waals surface area contributed by atoms with Gasteiger partial charge in [-0.25, -0.2) is 4.39 Å². The molecule has 0 aliphatic rings. The van der Waals surface area contributed by atoms with Crippen molar-refractivity contribution in [3.8, 4) is 0 Å². The van der Waals surface area contributed by atoms with Crippen LogP contribution in [-0.4, -0.2) is 17.0 Å². The summed E-state index contributed by atoms with van der Waals surface area (Å²) in [5.41, 5.74) is -0.927. The minimum Gasteiger partial charge on any atom is -0.382 e. The Hall–Kier alpha value is -0.930. The highest BCUT2D eigenvalue weighted by atomic mass is 35.5. The van der Waals surface area contributed by atoms with E-state index in [1.165, 1.54) is 19.1 Å². The second-order valence-corrected chi connectivity index (χ2v) is 3.81. The van der Waals surface area contributed by atoms with Gasteiger partial charge in [-0.15, -0.1) is 0 Å². The molecule has 2 nitrogen and oxygen atoms in total.